The molecule has 0 amide bonds. The first-order chi connectivity index (χ1) is 9.65. The number of rotatable bonds is 6. The van der Waals surface area contributed by atoms with Crippen LogP contribution in [0.1, 0.15) is 0 Å². The Morgan fingerprint density at radius 2 is 1.50 bits per heavy atom. The fourth-order valence-corrected chi connectivity index (χ4v) is 1.64. The Kier molecular flexibility index (Phi) is 4.98. The van der Waals surface area contributed by atoms with Crippen LogP contribution in [0.2, 0.25) is 0 Å². The van der Waals surface area contributed by atoms with Gasteiger partial charge in [-0.25, -0.2) is 4.39 Å². The van der Waals surface area contributed by atoms with Crippen molar-refractivity contribution < 1.29 is 23.9 Å². The zero-order chi connectivity index (χ0) is 14.4. The van der Waals surface area contributed by atoms with Crippen LogP contribution in [-0.4, -0.2) is 30.4 Å². The van der Waals surface area contributed by atoms with E-state index in [-0.39, 0.29) is 19.0 Å². The molecule has 0 atom stereocenters. The molecule has 2 aromatic carbocycles. The van der Waals surface area contributed by atoms with Gasteiger partial charge in [-0.2, -0.15) is 0 Å². The largest absolute Gasteiger partial charge is 0.490 e. The predicted molar refractivity (Wildman–Crippen MR) is 73.7 cm³/mol. The molecule has 0 aliphatic heterocycles. The second-order valence-corrected chi connectivity index (χ2v) is 4.10. The van der Waals surface area contributed by atoms with Crippen LogP contribution in [0.4, 0.5) is 4.39 Å². The quantitative estimate of drug-likeness (QED) is 0.609. The van der Waals surface area contributed by atoms with Crippen LogP contribution in [0.25, 0.3) is 0 Å². The molecule has 20 heavy (non-hydrogen) atoms. The molecule has 6 heteroatoms. The lowest BCUT2D eigenvalue weighted by molar-refractivity contribution is 0.216. The zero-order valence-electron chi connectivity index (χ0n) is 10.7. The normalized spacial score (nSPS) is 10.2. The number of benzene rings is 2. The molecule has 2 aromatic rings. The predicted octanol–water partition coefficient (Wildman–Crippen LogP) is 0.963. The molecule has 0 bridgehead atoms. The van der Waals surface area contributed by atoms with E-state index in [0.717, 1.165) is 0 Å². The highest BCUT2D eigenvalue weighted by atomic mass is 19.1. The molecule has 0 spiro atoms. The highest BCUT2D eigenvalue weighted by Gasteiger charge is 2.10. The second-order valence-electron chi connectivity index (χ2n) is 4.10. The second kappa shape index (κ2) is 6.93. The van der Waals surface area contributed by atoms with Crippen LogP contribution < -0.4 is 14.9 Å². The van der Waals surface area contributed by atoms with Gasteiger partial charge in [-0.15, -0.1) is 0 Å². The van der Waals surface area contributed by atoms with Crippen LogP contribution in [-0.2, 0) is 0 Å². The standard InChI is InChI=1S/C14H14BFO4/c16-12-4-2-6-14(10-12)20-8-7-19-13-5-1-3-11(9-13)15(17)18/h1-6,9-10,17-18H,7-8H2. The lowest BCUT2D eigenvalue weighted by atomic mass is 9.80. The van der Waals surface area contributed by atoms with Gasteiger partial charge in [0.05, 0.1) is 0 Å². The van der Waals surface area contributed by atoms with Gasteiger partial charge in [0.2, 0.25) is 0 Å². The molecule has 0 saturated heterocycles. The Labute approximate surface area is 116 Å². The third-order valence-corrected chi connectivity index (χ3v) is 2.57. The molecule has 2 N–H and O–H groups in total. The summed E-state index contributed by atoms with van der Waals surface area (Å²) in [7, 11) is -1.53. The van der Waals surface area contributed by atoms with Gasteiger partial charge in [0.15, 0.2) is 0 Å². The number of halogens is 1. The molecule has 0 aliphatic carbocycles. The van der Waals surface area contributed by atoms with Gasteiger partial charge in [0.25, 0.3) is 0 Å². The summed E-state index contributed by atoms with van der Waals surface area (Å²) >= 11 is 0. The molecule has 0 unspecified atom stereocenters. The summed E-state index contributed by atoms with van der Waals surface area (Å²) in [5.74, 6) is 0.597. The molecule has 0 aromatic heterocycles. The maximum atomic E-state index is 12.9. The van der Waals surface area contributed by atoms with E-state index >= 15 is 0 Å². The smallest absolute Gasteiger partial charge is 0.488 e. The van der Waals surface area contributed by atoms with Crippen molar-refractivity contribution in [1.29, 1.82) is 0 Å². The summed E-state index contributed by atoms with van der Waals surface area (Å²) in [5.41, 5.74) is 0.355. The summed E-state index contributed by atoms with van der Waals surface area (Å²) in [6, 6.07) is 12.3. The fourth-order valence-electron chi connectivity index (χ4n) is 1.64. The number of ether oxygens (including phenoxy) is 2. The SMILES string of the molecule is OB(O)c1cccc(OCCOc2cccc(F)c2)c1. The van der Waals surface area contributed by atoms with Gasteiger partial charge >= 0.3 is 7.12 Å². The molecule has 0 fully saturated rings. The van der Waals surface area contributed by atoms with Crippen molar-refractivity contribution in [1.82, 2.24) is 0 Å². The maximum absolute atomic E-state index is 12.9. The van der Waals surface area contributed by atoms with Crippen LogP contribution in [0.15, 0.2) is 48.5 Å². The van der Waals surface area contributed by atoms with Crippen molar-refractivity contribution in [2.75, 3.05) is 13.2 Å². The van der Waals surface area contributed by atoms with Crippen molar-refractivity contribution >= 4 is 12.6 Å². The van der Waals surface area contributed by atoms with E-state index in [1.807, 2.05) is 0 Å². The highest BCUT2D eigenvalue weighted by Crippen LogP contribution is 2.12. The molecule has 2 rings (SSSR count). The van der Waals surface area contributed by atoms with E-state index < -0.39 is 7.12 Å². The minimum absolute atomic E-state index is 0.259. The van der Waals surface area contributed by atoms with E-state index in [0.29, 0.717) is 17.0 Å². The Balaban J connectivity index is 1.80. The monoisotopic (exact) mass is 276 g/mol. The van der Waals surface area contributed by atoms with Crippen LogP contribution in [0.5, 0.6) is 11.5 Å². The fraction of sp³-hybridized carbons (Fsp3) is 0.143. The third-order valence-electron chi connectivity index (χ3n) is 2.57. The first-order valence-electron chi connectivity index (χ1n) is 6.12. The Bertz CT molecular complexity index is 562. The summed E-state index contributed by atoms with van der Waals surface area (Å²) in [6.07, 6.45) is 0. The Hall–Kier alpha value is -2.05. The molecule has 0 heterocycles. The van der Waals surface area contributed by atoms with Crippen molar-refractivity contribution in [3.63, 3.8) is 0 Å². The van der Waals surface area contributed by atoms with Gasteiger partial charge in [-0.05, 0) is 29.7 Å². The Morgan fingerprint density at radius 3 is 2.10 bits per heavy atom. The summed E-state index contributed by atoms with van der Waals surface area (Å²) in [6.45, 7) is 0.525. The Morgan fingerprint density at radius 1 is 0.900 bits per heavy atom. The van der Waals surface area contributed by atoms with E-state index in [1.165, 1.54) is 18.2 Å². The summed E-state index contributed by atoms with van der Waals surface area (Å²) < 4.78 is 23.6. The average molecular weight is 276 g/mol. The minimum atomic E-state index is -1.53. The van der Waals surface area contributed by atoms with Gasteiger partial charge in [0.1, 0.15) is 30.5 Å². The van der Waals surface area contributed by atoms with Gasteiger partial charge in [0, 0.05) is 6.07 Å². The summed E-state index contributed by atoms with van der Waals surface area (Å²) in [4.78, 5) is 0. The molecule has 4 nitrogen and oxygen atoms in total. The van der Waals surface area contributed by atoms with Crippen LogP contribution in [0, 0.1) is 5.82 Å². The van der Waals surface area contributed by atoms with Crippen LogP contribution >= 0.6 is 0 Å². The minimum Gasteiger partial charge on any atom is -0.490 e. The van der Waals surface area contributed by atoms with Crippen LogP contribution in [0.3, 0.4) is 0 Å². The van der Waals surface area contributed by atoms with Crippen molar-refractivity contribution in [3.8, 4) is 11.5 Å². The van der Waals surface area contributed by atoms with Gasteiger partial charge < -0.3 is 19.5 Å². The molecule has 0 aliphatic rings. The van der Waals surface area contributed by atoms with E-state index in [2.05, 4.69) is 0 Å². The average Bonchev–Trinajstić information content (AvgIpc) is 2.44. The lowest BCUT2D eigenvalue weighted by Gasteiger charge is -2.09. The number of hydrogen-bond donors (Lipinski definition) is 2. The molecular weight excluding hydrogens is 262 g/mol. The van der Waals surface area contributed by atoms with Gasteiger partial charge in [-0.1, -0.05) is 18.2 Å². The van der Waals surface area contributed by atoms with Crippen molar-refractivity contribution in [2.45, 2.75) is 0 Å². The highest BCUT2D eigenvalue weighted by molar-refractivity contribution is 6.58. The summed E-state index contributed by atoms with van der Waals surface area (Å²) in [5, 5.41) is 18.1. The van der Waals surface area contributed by atoms with Crippen molar-refractivity contribution in [3.05, 3.63) is 54.3 Å². The van der Waals surface area contributed by atoms with E-state index in [9.17, 15) is 4.39 Å². The van der Waals surface area contributed by atoms with E-state index in [1.54, 1.807) is 30.3 Å². The first kappa shape index (κ1) is 14.4. The topological polar surface area (TPSA) is 58.9 Å². The molecule has 0 radical (unpaired) electrons. The zero-order valence-corrected chi connectivity index (χ0v) is 10.7. The van der Waals surface area contributed by atoms with E-state index in [4.69, 9.17) is 19.5 Å². The molecule has 104 valence electrons. The third kappa shape index (κ3) is 4.26. The molecular formula is C14H14BFO4. The lowest BCUT2D eigenvalue weighted by Crippen LogP contribution is -2.29. The maximum Gasteiger partial charge on any atom is 0.488 e. The van der Waals surface area contributed by atoms with Crippen molar-refractivity contribution in [2.24, 2.45) is 0 Å². The number of hydrogen-bond acceptors (Lipinski definition) is 4. The molecule has 0 saturated carbocycles. The van der Waals surface area contributed by atoms with Gasteiger partial charge in [-0.3, -0.25) is 0 Å². The first-order valence-corrected chi connectivity index (χ1v) is 6.12.